The fourth-order valence-corrected chi connectivity index (χ4v) is 8.73. The zero-order valence-corrected chi connectivity index (χ0v) is 17.9. The van der Waals surface area contributed by atoms with Crippen molar-refractivity contribution in [3.8, 4) is 0 Å². The van der Waals surface area contributed by atoms with E-state index in [0.717, 1.165) is 32.1 Å². The Morgan fingerprint density at radius 1 is 1.00 bits per heavy atom. The van der Waals surface area contributed by atoms with Crippen molar-refractivity contribution in [2.45, 2.75) is 97.2 Å². The van der Waals surface area contributed by atoms with Gasteiger partial charge in [0.15, 0.2) is 0 Å². The highest BCUT2D eigenvalue weighted by Crippen LogP contribution is 2.68. The number of carboxylic acid groups (broad SMARTS) is 1. The molecule has 0 amide bonds. The van der Waals surface area contributed by atoms with Crippen molar-refractivity contribution in [3.63, 3.8) is 0 Å². The Morgan fingerprint density at radius 2 is 1.68 bits per heavy atom. The van der Waals surface area contributed by atoms with Gasteiger partial charge in [0.2, 0.25) is 0 Å². The van der Waals surface area contributed by atoms with Gasteiger partial charge in [-0.25, -0.2) is 0 Å². The van der Waals surface area contributed by atoms with Gasteiger partial charge in [0.1, 0.15) is 0 Å². The zero-order valence-electron chi connectivity index (χ0n) is 17.9. The van der Waals surface area contributed by atoms with Crippen LogP contribution in [0.5, 0.6) is 0 Å². The van der Waals surface area contributed by atoms with Crippen molar-refractivity contribution in [2.24, 2.45) is 46.3 Å². The second-order valence-electron chi connectivity index (χ2n) is 11.4. The van der Waals surface area contributed by atoms with Crippen LogP contribution in [0, 0.1) is 46.3 Å². The summed E-state index contributed by atoms with van der Waals surface area (Å²) in [5.74, 6) is 2.36. The van der Waals surface area contributed by atoms with Crippen LogP contribution in [0.4, 0.5) is 0 Å². The Morgan fingerprint density at radius 3 is 2.39 bits per heavy atom. The van der Waals surface area contributed by atoms with E-state index in [2.05, 4.69) is 20.8 Å². The molecule has 10 atom stereocenters. The van der Waals surface area contributed by atoms with E-state index in [1.54, 1.807) is 0 Å². The lowest BCUT2D eigenvalue weighted by Gasteiger charge is -2.62. The molecule has 0 aliphatic heterocycles. The summed E-state index contributed by atoms with van der Waals surface area (Å²) in [4.78, 5) is 11.1. The molecule has 4 heteroatoms. The van der Waals surface area contributed by atoms with E-state index in [1.165, 1.54) is 25.7 Å². The minimum absolute atomic E-state index is 0.179. The lowest BCUT2D eigenvalue weighted by Crippen LogP contribution is -2.58. The van der Waals surface area contributed by atoms with Crippen LogP contribution < -0.4 is 0 Å². The second kappa shape index (κ2) is 7.27. The fraction of sp³-hybridized carbons (Fsp3) is 0.958. The van der Waals surface area contributed by atoms with Crippen LogP contribution in [0.1, 0.15) is 85.0 Å². The number of hydrogen-bond donors (Lipinski definition) is 3. The van der Waals surface area contributed by atoms with Crippen molar-refractivity contribution >= 4 is 5.97 Å². The van der Waals surface area contributed by atoms with Crippen LogP contribution in [-0.2, 0) is 4.79 Å². The monoisotopic (exact) mass is 392 g/mol. The van der Waals surface area contributed by atoms with Gasteiger partial charge in [-0.2, -0.15) is 0 Å². The van der Waals surface area contributed by atoms with Crippen LogP contribution >= 0.6 is 0 Å². The number of carboxylic acids is 1. The molecule has 4 saturated carbocycles. The third kappa shape index (κ3) is 3.14. The van der Waals surface area contributed by atoms with Gasteiger partial charge in [-0.3, -0.25) is 4.79 Å². The molecule has 0 saturated heterocycles. The Bertz CT molecular complexity index is 605. The third-order valence-corrected chi connectivity index (χ3v) is 10.2. The van der Waals surface area contributed by atoms with Crippen LogP contribution in [0.15, 0.2) is 0 Å². The minimum atomic E-state index is -0.684. The standard InChI is InChI=1S/C24H40O4/c1-14(4-7-21(27)28)17-5-6-18-22-19(9-11-24(17,18)3)23(2)10-8-16(25)12-15(23)13-20(22)26/h14-20,22,25-26H,4-13H2,1-3H3,(H,27,28)/t14-,15+,16+,17-,18+,19+,20+,22+,23+,24-/m1/s1. The average Bonchev–Trinajstić information content (AvgIpc) is 2.98. The maximum Gasteiger partial charge on any atom is 0.303 e. The van der Waals surface area contributed by atoms with E-state index >= 15 is 0 Å². The number of carbonyl (C=O) groups is 1. The minimum Gasteiger partial charge on any atom is -0.481 e. The van der Waals surface area contributed by atoms with Crippen molar-refractivity contribution < 1.29 is 20.1 Å². The SMILES string of the molecule is C[C@H](CCC(=O)O)[C@H]1CC[C@H]2[C@@H]3[C@@H](O)C[C@@H]4C[C@@H](O)CC[C@]4(C)[C@H]3CC[C@]12C. The molecule has 4 rings (SSSR count). The van der Waals surface area contributed by atoms with Crippen LogP contribution in [-0.4, -0.2) is 33.5 Å². The first-order valence-electron chi connectivity index (χ1n) is 11.7. The van der Waals surface area contributed by atoms with Gasteiger partial charge >= 0.3 is 5.97 Å². The average molecular weight is 393 g/mol. The molecular weight excluding hydrogens is 352 g/mol. The van der Waals surface area contributed by atoms with E-state index < -0.39 is 5.97 Å². The largest absolute Gasteiger partial charge is 0.481 e. The molecule has 4 aliphatic rings. The first-order chi connectivity index (χ1) is 13.2. The first kappa shape index (κ1) is 20.7. The van der Waals surface area contributed by atoms with E-state index in [-0.39, 0.29) is 29.5 Å². The van der Waals surface area contributed by atoms with Gasteiger partial charge in [0.05, 0.1) is 12.2 Å². The van der Waals surface area contributed by atoms with E-state index in [4.69, 9.17) is 5.11 Å². The van der Waals surface area contributed by atoms with Crippen LogP contribution in [0.25, 0.3) is 0 Å². The molecule has 4 fully saturated rings. The number of aliphatic carboxylic acids is 1. The molecule has 0 aromatic carbocycles. The summed E-state index contributed by atoms with van der Waals surface area (Å²) in [7, 11) is 0. The number of hydrogen-bond acceptors (Lipinski definition) is 3. The molecule has 3 N–H and O–H groups in total. The molecule has 0 heterocycles. The van der Waals surface area contributed by atoms with Gasteiger partial charge in [-0.05, 0) is 104 Å². The third-order valence-electron chi connectivity index (χ3n) is 10.2. The predicted octanol–water partition coefficient (Wildman–Crippen LogP) is 4.48. The zero-order chi connectivity index (χ0) is 20.3. The van der Waals surface area contributed by atoms with Gasteiger partial charge in [-0.1, -0.05) is 20.8 Å². The fourth-order valence-electron chi connectivity index (χ4n) is 8.73. The highest BCUT2D eigenvalue weighted by atomic mass is 16.4. The molecule has 0 aromatic rings. The van der Waals surface area contributed by atoms with E-state index in [0.29, 0.717) is 35.5 Å². The van der Waals surface area contributed by atoms with E-state index in [1.807, 2.05) is 0 Å². The predicted molar refractivity (Wildman–Crippen MR) is 109 cm³/mol. The molecule has 0 aromatic heterocycles. The van der Waals surface area contributed by atoms with Crippen LogP contribution in [0.3, 0.4) is 0 Å². The molecule has 160 valence electrons. The molecule has 0 radical (unpaired) electrons. The second-order valence-corrected chi connectivity index (χ2v) is 11.4. The number of aliphatic hydroxyl groups is 2. The molecule has 4 aliphatic carbocycles. The summed E-state index contributed by atoms with van der Waals surface area (Å²) in [6.07, 6.45) is 9.19. The summed E-state index contributed by atoms with van der Waals surface area (Å²) in [6, 6.07) is 0. The Kier molecular flexibility index (Phi) is 5.36. The quantitative estimate of drug-likeness (QED) is 0.659. The molecule has 28 heavy (non-hydrogen) atoms. The van der Waals surface area contributed by atoms with Crippen molar-refractivity contribution in [3.05, 3.63) is 0 Å². The lowest BCUT2D eigenvalue weighted by molar-refractivity contribution is -0.174. The van der Waals surface area contributed by atoms with E-state index in [9.17, 15) is 15.0 Å². The normalized spacial score (nSPS) is 51.7. The molecule has 0 spiro atoms. The van der Waals surface area contributed by atoms with Gasteiger partial charge in [0, 0.05) is 6.42 Å². The molecule has 4 nitrogen and oxygen atoms in total. The number of rotatable bonds is 4. The first-order valence-corrected chi connectivity index (χ1v) is 11.7. The van der Waals surface area contributed by atoms with Gasteiger partial charge in [0.25, 0.3) is 0 Å². The summed E-state index contributed by atoms with van der Waals surface area (Å²) < 4.78 is 0. The highest BCUT2D eigenvalue weighted by molar-refractivity contribution is 5.66. The summed E-state index contributed by atoms with van der Waals surface area (Å²) in [5, 5.41) is 30.5. The van der Waals surface area contributed by atoms with Gasteiger partial charge in [-0.15, -0.1) is 0 Å². The summed E-state index contributed by atoms with van der Waals surface area (Å²) in [5.41, 5.74) is 0.523. The molecule has 0 unspecified atom stereocenters. The summed E-state index contributed by atoms with van der Waals surface area (Å²) in [6.45, 7) is 7.16. The Labute approximate surface area is 170 Å². The highest BCUT2D eigenvalue weighted by Gasteiger charge is 2.62. The maximum absolute atomic E-state index is 11.2. The van der Waals surface area contributed by atoms with Crippen molar-refractivity contribution in [1.82, 2.24) is 0 Å². The molecule has 0 bridgehead atoms. The smallest absolute Gasteiger partial charge is 0.303 e. The number of fused-ring (bicyclic) bond motifs is 5. The Balaban J connectivity index is 1.55. The topological polar surface area (TPSA) is 77.8 Å². The maximum atomic E-state index is 11.2. The molecular formula is C24H40O4. The van der Waals surface area contributed by atoms with Crippen LogP contribution in [0.2, 0.25) is 0 Å². The lowest BCUT2D eigenvalue weighted by atomic mass is 9.43. The number of aliphatic hydroxyl groups excluding tert-OH is 2. The Hall–Kier alpha value is -0.610. The summed E-state index contributed by atoms with van der Waals surface area (Å²) >= 11 is 0. The van der Waals surface area contributed by atoms with Crippen molar-refractivity contribution in [1.29, 1.82) is 0 Å². The van der Waals surface area contributed by atoms with Gasteiger partial charge < -0.3 is 15.3 Å². The van der Waals surface area contributed by atoms with Crippen molar-refractivity contribution in [2.75, 3.05) is 0 Å².